The number of ether oxygens (including phenoxy) is 1. The van der Waals surface area contributed by atoms with Gasteiger partial charge in [-0.3, -0.25) is 9.36 Å². The molecule has 3 aromatic rings. The predicted octanol–water partition coefficient (Wildman–Crippen LogP) is 3.86. The lowest BCUT2D eigenvalue weighted by Gasteiger charge is -2.45. The van der Waals surface area contributed by atoms with Crippen molar-refractivity contribution in [2.45, 2.75) is 43.8 Å². The van der Waals surface area contributed by atoms with Crippen molar-refractivity contribution in [2.75, 3.05) is 43.2 Å². The smallest absolute Gasteiger partial charge is 0.350 e. The number of halogens is 1. The van der Waals surface area contributed by atoms with Crippen LogP contribution >= 0.6 is 34.4 Å². The van der Waals surface area contributed by atoms with Gasteiger partial charge in [0.15, 0.2) is 0 Å². The Morgan fingerprint density at radius 3 is 2.66 bits per heavy atom. The quantitative estimate of drug-likeness (QED) is 0.329. The molecule has 5 rings (SSSR count). The molecule has 2 N–H and O–H groups in total. The fourth-order valence-corrected chi connectivity index (χ4v) is 7.66. The SMILES string of the molecule is C=CC(=O)N1[C@H](C)CN(c2nc(=O)n3c4c(c(-c5nc(N)ccc5I)c(C)cc24)SC[C@@H]3COC)C[C@@H]1C. The van der Waals surface area contributed by atoms with Crippen LogP contribution in [0.1, 0.15) is 25.5 Å². The van der Waals surface area contributed by atoms with E-state index in [1.165, 1.54) is 6.08 Å². The first kappa shape index (κ1) is 26.9. The van der Waals surface area contributed by atoms with Gasteiger partial charge in [-0.15, -0.1) is 11.8 Å². The summed E-state index contributed by atoms with van der Waals surface area (Å²) in [5, 5.41) is 0.913. The highest BCUT2D eigenvalue weighted by Gasteiger charge is 2.35. The number of methoxy groups -OCH3 is 1. The van der Waals surface area contributed by atoms with Crippen LogP contribution in [0.2, 0.25) is 0 Å². The normalized spacial score (nSPS) is 21.1. The van der Waals surface area contributed by atoms with Crippen LogP contribution < -0.4 is 16.3 Å². The van der Waals surface area contributed by atoms with E-state index < -0.39 is 0 Å². The minimum absolute atomic E-state index is 0.0648. The summed E-state index contributed by atoms with van der Waals surface area (Å²) in [6.07, 6.45) is 1.36. The van der Waals surface area contributed by atoms with Gasteiger partial charge in [0.2, 0.25) is 5.91 Å². The number of carbonyl (C=O) groups excluding carboxylic acids is 1. The van der Waals surface area contributed by atoms with Crippen LogP contribution in [-0.2, 0) is 9.53 Å². The Morgan fingerprint density at radius 2 is 2.00 bits per heavy atom. The molecular weight excluding hydrogens is 615 g/mol. The van der Waals surface area contributed by atoms with Gasteiger partial charge >= 0.3 is 5.69 Å². The highest BCUT2D eigenvalue weighted by atomic mass is 127. The number of nitrogens with zero attached hydrogens (tertiary/aromatic N) is 5. The second kappa shape index (κ2) is 10.5. The zero-order valence-corrected chi connectivity index (χ0v) is 24.9. The second-order valence-electron chi connectivity index (χ2n) is 9.92. The van der Waals surface area contributed by atoms with E-state index in [0.29, 0.717) is 37.1 Å². The lowest BCUT2D eigenvalue weighted by molar-refractivity contribution is -0.130. The van der Waals surface area contributed by atoms with Crippen LogP contribution in [0.3, 0.4) is 0 Å². The Hall–Kier alpha value is -2.64. The third-order valence-electron chi connectivity index (χ3n) is 7.24. The summed E-state index contributed by atoms with van der Waals surface area (Å²) in [7, 11) is 1.65. The second-order valence-corrected chi connectivity index (χ2v) is 12.1. The molecule has 200 valence electrons. The number of nitrogen functional groups attached to an aromatic ring is 1. The Labute approximate surface area is 239 Å². The summed E-state index contributed by atoms with van der Waals surface area (Å²) in [5.41, 5.74) is 9.49. The molecule has 1 saturated heterocycles. The summed E-state index contributed by atoms with van der Waals surface area (Å²) in [6, 6.07) is 5.60. The fraction of sp³-hybridized carbons (Fsp3) is 0.407. The zero-order valence-electron chi connectivity index (χ0n) is 21.9. The van der Waals surface area contributed by atoms with E-state index in [1.54, 1.807) is 29.5 Å². The molecule has 1 fully saturated rings. The summed E-state index contributed by atoms with van der Waals surface area (Å²) in [6.45, 7) is 11.3. The topological polar surface area (TPSA) is 107 Å². The largest absolute Gasteiger partial charge is 0.384 e. The molecular formula is C27H31IN6O3S. The number of rotatable bonds is 5. The molecule has 2 aliphatic heterocycles. The van der Waals surface area contributed by atoms with Gasteiger partial charge in [0, 0.05) is 57.5 Å². The number of benzene rings is 1. The van der Waals surface area contributed by atoms with Crippen molar-refractivity contribution in [3.63, 3.8) is 0 Å². The molecule has 0 unspecified atom stereocenters. The standard InChI is InChI=1S/C27H31IN6O3S/c1-6-21(35)33-15(3)10-32(11-16(33)4)26-18-9-14(2)22(23-19(28)7-8-20(29)30-23)25-24(18)34(27(36)31-26)17(12-37-5)13-38-25/h6-9,15-17H,1,10-13H2,2-5H3,(H2,29,30)/t15-,16+,17-/m0/s1. The number of piperazine rings is 1. The Morgan fingerprint density at radius 1 is 1.29 bits per heavy atom. The maximum Gasteiger partial charge on any atom is 0.350 e. The number of pyridine rings is 1. The van der Waals surface area contributed by atoms with E-state index in [-0.39, 0.29) is 29.7 Å². The molecule has 1 aromatic carbocycles. The van der Waals surface area contributed by atoms with E-state index >= 15 is 0 Å². The number of hydrogen-bond donors (Lipinski definition) is 1. The number of hydrogen-bond acceptors (Lipinski definition) is 8. The van der Waals surface area contributed by atoms with Gasteiger partial charge in [-0.05, 0) is 73.2 Å². The van der Waals surface area contributed by atoms with Crippen LogP contribution in [-0.4, -0.2) is 70.0 Å². The first-order chi connectivity index (χ1) is 18.2. The highest BCUT2D eigenvalue weighted by molar-refractivity contribution is 14.1. The Kier molecular flexibility index (Phi) is 7.44. The van der Waals surface area contributed by atoms with Crippen molar-refractivity contribution in [3.8, 4) is 11.3 Å². The molecule has 0 spiro atoms. The van der Waals surface area contributed by atoms with Gasteiger partial charge in [0.05, 0.1) is 23.9 Å². The lowest BCUT2D eigenvalue weighted by atomic mass is 10.00. The molecule has 0 aliphatic carbocycles. The maximum atomic E-state index is 13.7. The molecule has 0 bridgehead atoms. The minimum Gasteiger partial charge on any atom is -0.384 e. The number of carbonyl (C=O) groups is 1. The van der Waals surface area contributed by atoms with Crippen molar-refractivity contribution in [1.82, 2.24) is 19.4 Å². The van der Waals surface area contributed by atoms with Crippen molar-refractivity contribution in [3.05, 3.63) is 50.5 Å². The highest BCUT2D eigenvalue weighted by Crippen LogP contribution is 2.46. The lowest BCUT2D eigenvalue weighted by Crippen LogP contribution is -2.58. The monoisotopic (exact) mass is 646 g/mol. The van der Waals surface area contributed by atoms with Gasteiger partial charge in [0.1, 0.15) is 11.6 Å². The average Bonchev–Trinajstić information content (AvgIpc) is 2.87. The van der Waals surface area contributed by atoms with E-state index in [9.17, 15) is 9.59 Å². The molecule has 1 amide bonds. The Bertz CT molecular complexity index is 1500. The number of nitrogens with two attached hydrogens (primary N) is 1. The molecule has 0 saturated carbocycles. The number of anilines is 2. The average molecular weight is 647 g/mol. The van der Waals surface area contributed by atoms with Gasteiger partial charge in [-0.2, -0.15) is 4.98 Å². The van der Waals surface area contributed by atoms with Crippen molar-refractivity contribution in [2.24, 2.45) is 0 Å². The van der Waals surface area contributed by atoms with Crippen LogP contribution in [0.15, 0.2) is 40.5 Å². The van der Waals surface area contributed by atoms with E-state index in [1.807, 2.05) is 24.8 Å². The predicted molar refractivity (Wildman–Crippen MR) is 161 cm³/mol. The van der Waals surface area contributed by atoms with Gasteiger partial charge in [-0.1, -0.05) is 6.58 Å². The summed E-state index contributed by atoms with van der Waals surface area (Å²) in [5.74, 6) is 1.70. The molecule has 11 heteroatoms. The maximum absolute atomic E-state index is 13.7. The van der Waals surface area contributed by atoms with E-state index in [0.717, 1.165) is 36.2 Å². The van der Waals surface area contributed by atoms with Crippen LogP contribution in [0.5, 0.6) is 0 Å². The van der Waals surface area contributed by atoms with Crippen LogP contribution in [0.4, 0.5) is 11.6 Å². The minimum atomic E-state index is -0.300. The summed E-state index contributed by atoms with van der Waals surface area (Å²) < 4.78 is 8.27. The number of amides is 1. The van der Waals surface area contributed by atoms with Crippen molar-refractivity contribution < 1.29 is 9.53 Å². The molecule has 3 atom stereocenters. The van der Waals surface area contributed by atoms with Gasteiger partial charge in [0.25, 0.3) is 0 Å². The van der Waals surface area contributed by atoms with Crippen LogP contribution in [0.25, 0.3) is 22.2 Å². The van der Waals surface area contributed by atoms with E-state index in [4.69, 9.17) is 10.5 Å². The van der Waals surface area contributed by atoms with Crippen molar-refractivity contribution >= 4 is 62.8 Å². The molecule has 2 aliphatic rings. The molecule has 2 aromatic heterocycles. The number of aromatic nitrogens is 3. The summed E-state index contributed by atoms with van der Waals surface area (Å²) in [4.78, 5) is 40.5. The molecule has 9 nitrogen and oxygen atoms in total. The fourth-order valence-electron chi connectivity index (χ4n) is 5.74. The number of thioether (sulfide) groups is 1. The van der Waals surface area contributed by atoms with Gasteiger partial charge < -0.3 is 20.3 Å². The third kappa shape index (κ3) is 4.47. The summed E-state index contributed by atoms with van der Waals surface area (Å²) >= 11 is 4.00. The van der Waals surface area contributed by atoms with Crippen LogP contribution in [0, 0.1) is 10.5 Å². The first-order valence-electron chi connectivity index (χ1n) is 12.5. The molecule has 0 radical (unpaired) electrons. The van der Waals surface area contributed by atoms with Gasteiger partial charge in [-0.25, -0.2) is 9.78 Å². The third-order valence-corrected chi connectivity index (χ3v) is 9.35. The number of aryl methyl sites for hydroxylation is 1. The first-order valence-corrected chi connectivity index (χ1v) is 14.6. The zero-order chi connectivity index (χ0) is 27.3. The van der Waals surface area contributed by atoms with E-state index in [2.05, 4.69) is 57.0 Å². The Balaban J connectivity index is 1.76. The molecule has 4 heterocycles. The van der Waals surface area contributed by atoms with Crippen molar-refractivity contribution in [1.29, 1.82) is 0 Å². The molecule has 38 heavy (non-hydrogen) atoms.